The molecule has 2 aromatic rings. The quantitative estimate of drug-likeness (QED) is 0.405. The first-order valence-corrected chi connectivity index (χ1v) is 8.01. The summed E-state index contributed by atoms with van der Waals surface area (Å²) in [5.74, 6) is 2.21. The summed E-state index contributed by atoms with van der Waals surface area (Å²) in [6, 6.07) is 10.4. The van der Waals surface area contributed by atoms with E-state index in [1.807, 2.05) is 20.0 Å². The molecule has 0 aliphatic rings. The Kier molecular flexibility index (Phi) is 9.36. The molecule has 1 heterocycles. The number of guanidine groups is 1. The van der Waals surface area contributed by atoms with Crippen LogP contribution in [0.5, 0.6) is 0 Å². The van der Waals surface area contributed by atoms with Crippen molar-refractivity contribution in [3.05, 3.63) is 47.6 Å². The van der Waals surface area contributed by atoms with Crippen molar-refractivity contribution in [1.29, 1.82) is 0 Å². The molecular formula is C17H26IN5O. The summed E-state index contributed by atoms with van der Waals surface area (Å²) in [4.78, 5) is 11.0. The molecule has 0 bridgehead atoms. The number of halogens is 1. The van der Waals surface area contributed by atoms with Crippen LogP contribution >= 0.6 is 24.0 Å². The van der Waals surface area contributed by atoms with Crippen LogP contribution < -0.4 is 5.32 Å². The summed E-state index contributed by atoms with van der Waals surface area (Å²) in [7, 11) is 2.05. The lowest BCUT2D eigenvalue weighted by atomic mass is 10.2. The Labute approximate surface area is 160 Å². The van der Waals surface area contributed by atoms with Crippen molar-refractivity contribution in [3.63, 3.8) is 0 Å². The van der Waals surface area contributed by atoms with Gasteiger partial charge in [0.1, 0.15) is 0 Å². The lowest BCUT2D eigenvalue weighted by Crippen LogP contribution is -2.39. The van der Waals surface area contributed by atoms with E-state index in [4.69, 9.17) is 4.52 Å². The summed E-state index contributed by atoms with van der Waals surface area (Å²) in [6.07, 6.45) is 1.71. The molecule has 2 rings (SSSR count). The highest BCUT2D eigenvalue weighted by Gasteiger charge is 2.08. The number of hydrogen-bond donors (Lipinski definition) is 1. The molecule has 0 atom stereocenters. The van der Waals surface area contributed by atoms with Crippen LogP contribution in [-0.2, 0) is 13.0 Å². The lowest BCUT2D eigenvalue weighted by Gasteiger charge is -2.22. The van der Waals surface area contributed by atoms with Crippen molar-refractivity contribution in [2.45, 2.75) is 33.2 Å². The van der Waals surface area contributed by atoms with Crippen LogP contribution in [0.2, 0.25) is 0 Å². The van der Waals surface area contributed by atoms with Gasteiger partial charge in [-0.3, -0.25) is 4.99 Å². The first-order valence-electron chi connectivity index (χ1n) is 8.01. The normalized spacial score (nSPS) is 11.0. The average molecular weight is 443 g/mol. The second kappa shape index (κ2) is 11.0. The molecule has 7 heteroatoms. The maximum Gasteiger partial charge on any atom is 0.228 e. The van der Waals surface area contributed by atoms with E-state index in [9.17, 15) is 0 Å². The topological polar surface area (TPSA) is 66.5 Å². The highest BCUT2D eigenvalue weighted by Crippen LogP contribution is 2.03. The van der Waals surface area contributed by atoms with Gasteiger partial charge in [0.05, 0.1) is 0 Å². The Hall–Kier alpha value is -1.64. The van der Waals surface area contributed by atoms with E-state index in [0.717, 1.165) is 25.5 Å². The summed E-state index contributed by atoms with van der Waals surface area (Å²) in [6.45, 7) is 6.28. The summed E-state index contributed by atoms with van der Waals surface area (Å²) >= 11 is 0. The van der Waals surface area contributed by atoms with E-state index in [-0.39, 0.29) is 24.0 Å². The smallest absolute Gasteiger partial charge is 0.228 e. The van der Waals surface area contributed by atoms with E-state index in [0.29, 0.717) is 24.7 Å². The van der Waals surface area contributed by atoms with Crippen LogP contribution in [-0.4, -0.2) is 41.1 Å². The monoisotopic (exact) mass is 443 g/mol. The molecule has 132 valence electrons. The predicted octanol–water partition coefficient (Wildman–Crippen LogP) is 3.03. The first-order chi connectivity index (χ1) is 11.2. The number of aryl methyl sites for hydroxylation is 1. The Morgan fingerprint density at radius 1 is 1.29 bits per heavy atom. The Bertz CT molecular complexity index is 614. The van der Waals surface area contributed by atoms with Gasteiger partial charge in [-0.1, -0.05) is 42.4 Å². The molecule has 24 heavy (non-hydrogen) atoms. The van der Waals surface area contributed by atoms with Gasteiger partial charge >= 0.3 is 0 Å². The standard InChI is InChI=1S/C17H25N5O.HI/c1-4-11-18-17(19-12-10-16-20-14(2)21-23-16)22(3)13-15-8-6-5-7-9-15;/h5-9H,4,10-13H2,1-3H3,(H,18,19);1H. The number of nitrogens with one attached hydrogen (secondary N) is 1. The molecule has 6 nitrogen and oxygen atoms in total. The maximum absolute atomic E-state index is 5.13. The molecule has 0 radical (unpaired) electrons. The third kappa shape index (κ3) is 6.86. The molecule has 0 spiro atoms. The number of rotatable bonds is 7. The van der Waals surface area contributed by atoms with Crippen LogP contribution in [0.25, 0.3) is 0 Å². The SMILES string of the molecule is CCCN=C(NCCc1nc(C)no1)N(C)Cc1ccccc1.I. The van der Waals surface area contributed by atoms with Gasteiger partial charge in [-0.05, 0) is 18.9 Å². The van der Waals surface area contributed by atoms with Gasteiger partial charge in [-0.25, -0.2) is 0 Å². The number of benzene rings is 1. The molecule has 0 aliphatic carbocycles. The largest absolute Gasteiger partial charge is 0.356 e. The summed E-state index contributed by atoms with van der Waals surface area (Å²) in [5.41, 5.74) is 1.26. The second-order valence-electron chi connectivity index (χ2n) is 5.46. The average Bonchev–Trinajstić information content (AvgIpc) is 2.97. The third-order valence-corrected chi connectivity index (χ3v) is 3.30. The Morgan fingerprint density at radius 3 is 2.67 bits per heavy atom. The van der Waals surface area contributed by atoms with Crippen molar-refractivity contribution in [1.82, 2.24) is 20.4 Å². The van der Waals surface area contributed by atoms with E-state index in [1.54, 1.807) is 0 Å². The minimum Gasteiger partial charge on any atom is -0.356 e. The molecule has 0 amide bonds. The van der Waals surface area contributed by atoms with Gasteiger partial charge in [-0.2, -0.15) is 4.98 Å². The van der Waals surface area contributed by atoms with Gasteiger partial charge in [0.15, 0.2) is 11.8 Å². The van der Waals surface area contributed by atoms with Crippen LogP contribution in [0.1, 0.15) is 30.6 Å². The molecule has 1 N–H and O–H groups in total. The zero-order chi connectivity index (χ0) is 16.5. The fourth-order valence-electron chi connectivity index (χ4n) is 2.18. The number of aromatic nitrogens is 2. The van der Waals surface area contributed by atoms with Gasteiger partial charge in [0.25, 0.3) is 0 Å². The van der Waals surface area contributed by atoms with Crippen molar-refractivity contribution < 1.29 is 4.52 Å². The van der Waals surface area contributed by atoms with Crippen LogP contribution in [0.4, 0.5) is 0 Å². The fraction of sp³-hybridized carbons (Fsp3) is 0.471. The lowest BCUT2D eigenvalue weighted by molar-refractivity contribution is 0.373. The Balaban J connectivity index is 0.00000288. The van der Waals surface area contributed by atoms with E-state index in [2.05, 4.69) is 56.5 Å². The maximum atomic E-state index is 5.13. The first kappa shape index (κ1) is 20.4. The van der Waals surface area contributed by atoms with E-state index < -0.39 is 0 Å². The zero-order valence-corrected chi connectivity index (χ0v) is 16.9. The fourth-order valence-corrected chi connectivity index (χ4v) is 2.18. The van der Waals surface area contributed by atoms with Gasteiger partial charge < -0.3 is 14.7 Å². The molecule has 0 unspecified atom stereocenters. The van der Waals surface area contributed by atoms with Gasteiger partial charge in [0.2, 0.25) is 5.89 Å². The molecular weight excluding hydrogens is 417 g/mol. The van der Waals surface area contributed by atoms with Gasteiger partial charge in [-0.15, -0.1) is 24.0 Å². The number of aliphatic imine (C=N–C) groups is 1. The third-order valence-electron chi connectivity index (χ3n) is 3.30. The Morgan fingerprint density at radius 2 is 2.04 bits per heavy atom. The van der Waals surface area contributed by atoms with Crippen LogP contribution in [0.15, 0.2) is 39.8 Å². The molecule has 0 fully saturated rings. The zero-order valence-electron chi connectivity index (χ0n) is 14.5. The molecule has 0 saturated carbocycles. The van der Waals surface area contributed by atoms with E-state index >= 15 is 0 Å². The van der Waals surface area contributed by atoms with Crippen LogP contribution in [0.3, 0.4) is 0 Å². The van der Waals surface area contributed by atoms with Crippen molar-refractivity contribution in [2.24, 2.45) is 4.99 Å². The summed E-state index contributed by atoms with van der Waals surface area (Å²) in [5, 5.41) is 7.18. The molecule has 0 saturated heterocycles. The number of hydrogen-bond acceptors (Lipinski definition) is 4. The second-order valence-corrected chi connectivity index (χ2v) is 5.46. The van der Waals surface area contributed by atoms with Crippen molar-refractivity contribution in [3.8, 4) is 0 Å². The molecule has 1 aromatic carbocycles. The highest BCUT2D eigenvalue weighted by molar-refractivity contribution is 14.0. The van der Waals surface area contributed by atoms with E-state index in [1.165, 1.54) is 5.56 Å². The minimum absolute atomic E-state index is 0. The summed E-state index contributed by atoms with van der Waals surface area (Å²) < 4.78 is 5.13. The van der Waals surface area contributed by atoms with Crippen LogP contribution in [0, 0.1) is 6.92 Å². The van der Waals surface area contributed by atoms with Crippen molar-refractivity contribution >= 4 is 29.9 Å². The molecule has 1 aromatic heterocycles. The van der Waals surface area contributed by atoms with Gasteiger partial charge in [0, 0.05) is 33.1 Å². The number of nitrogens with zero attached hydrogens (tertiary/aromatic N) is 4. The van der Waals surface area contributed by atoms with Crippen molar-refractivity contribution in [2.75, 3.05) is 20.1 Å². The predicted molar refractivity (Wildman–Crippen MR) is 107 cm³/mol. The minimum atomic E-state index is 0. The highest BCUT2D eigenvalue weighted by atomic mass is 127. The molecule has 0 aliphatic heterocycles.